The van der Waals surface area contributed by atoms with Crippen molar-refractivity contribution in [3.63, 3.8) is 0 Å². The number of carbonyl (C=O) groups is 3. The highest BCUT2D eigenvalue weighted by molar-refractivity contribution is 6.12. The van der Waals surface area contributed by atoms with E-state index < -0.39 is 17.8 Å². The van der Waals surface area contributed by atoms with Crippen molar-refractivity contribution in [1.82, 2.24) is 0 Å². The summed E-state index contributed by atoms with van der Waals surface area (Å²) < 4.78 is 4.47. The summed E-state index contributed by atoms with van der Waals surface area (Å²) in [6.07, 6.45) is 0.599. The van der Waals surface area contributed by atoms with Gasteiger partial charge in [-0.25, -0.2) is 0 Å². The Hall–Kier alpha value is -1.19. The van der Waals surface area contributed by atoms with Crippen LogP contribution in [-0.4, -0.2) is 24.6 Å². The molecule has 0 N–H and O–H groups in total. The highest BCUT2D eigenvalue weighted by atomic mass is 16.5. The second-order valence-electron chi connectivity index (χ2n) is 3.20. The van der Waals surface area contributed by atoms with Crippen LogP contribution < -0.4 is 0 Å². The normalized spacial score (nSPS) is 28.8. The van der Waals surface area contributed by atoms with E-state index in [0.29, 0.717) is 12.8 Å². The van der Waals surface area contributed by atoms with E-state index >= 15 is 0 Å². The Balaban J connectivity index is 2.75. The maximum Gasteiger partial charge on any atom is 0.316 e. The molecule has 0 radical (unpaired) electrons. The van der Waals surface area contributed by atoms with Gasteiger partial charge in [0.25, 0.3) is 0 Å². The van der Waals surface area contributed by atoms with Gasteiger partial charge >= 0.3 is 5.97 Å². The molecule has 0 bridgehead atoms. The lowest BCUT2D eigenvalue weighted by molar-refractivity contribution is -0.153. The minimum absolute atomic E-state index is 0.0786. The molecule has 0 heterocycles. The van der Waals surface area contributed by atoms with Gasteiger partial charge in [0.15, 0.2) is 5.78 Å². The Kier molecular flexibility index (Phi) is 2.80. The first-order valence-electron chi connectivity index (χ1n) is 4.22. The monoisotopic (exact) mass is 184 g/mol. The third kappa shape index (κ3) is 1.76. The summed E-state index contributed by atoms with van der Waals surface area (Å²) in [5.74, 6) is -2.27. The standard InChI is InChI=1S/C9H12O4/c1-5-7(10)4-3-6(8(5)11)9(12)13-2/h5-6H,3-4H2,1-2H3/t5-,6+/m0/s1. The molecule has 1 rings (SSSR count). The zero-order valence-corrected chi connectivity index (χ0v) is 7.70. The van der Waals surface area contributed by atoms with Gasteiger partial charge in [-0.2, -0.15) is 0 Å². The molecule has 0 aromatic carbocycles. The predicted octanol–water partition coefficient (Wildman–Crippen LogP) is 0.344. The molecule has 1 saturated carbocycles. The van der Waals surface area contributed by atoms with Gasteiger partial charge in [0.2, 0.25) is 0 Å². The Morgan fingerprint density at radius 1 is 1.46 bits per heavy atom. The summed E-state index contributed by atoms with van der Waals surface area (Å²) in [6, 6.07) is 0. The number of hydrogen-bond acceptors (Lipinski definition) is 4. The maximum absolute atomic E-state index is 11.4. The van der Waals surface area contributed by atoms with Crippen LogP contribution in [0.5, 0.6) is 0 Å². The second-order valence-corrected chi connectivity index (χ2v) is 3.20. The highest BCUT2D eigenvalue weighted by Gasteiger charge is 2.38. The van der Waals surface area contributed by atoms with Crippen molar-refractivity contribution in [1.29, 1.82) is 0 Å². The van der Waals surface area contributed by atoms with Crippen molar-refractivity contribution in [3.8, 4) is 0 Å². The van der Waals surface area contributed by atoms with E-state index in [1.165, 1.54) is 7.11 Å². The van der Waals surface area contributed by atoms with Gasteiger partial charge in [0.1, 0.15) is 11.7 Å². The van der Waals surface area contributed by atoms with E-state index in [2.05, 4.69) is 4.74 Å². The number of Topliss-reactive ketones (excluding diaryl/α,β-unsaturated/α-hetero) is 2. The van der Waals surface area contributed by atoms with Crippen LogP contribution in [-0.2, 0) is 19.1 Å². The van der Waals surface area contributed by atoms with Crippen LogP contribution in [0.2, 0.25) is 0 Å². The zero-order valence-electron chi connectivity index (χ0n) is 7.70. The molecule has 0 spiro atoms. The first-order valence-corrected chi connectivity index (χ1v) is 4.22. The minimum atomic E-state index is -0.724. The molecule has 0 aliphatic heterocycles. The lowest BCUT2D eigenvalue weighted by atomic mass is 9.80. The van der Waals surface area contributed by atoms with Gasteiger partial charge < -0.3 is 4.74 Å². The second kappa shape index (κ2) is 3.68. The van der Waals surface area contributed by atoms with E-state index in [9.17, 15) is 14.4 Å². The van der Waals surface area contributed by atoms with Crippen molar-refractivity contribution in [2.45, 2.75) is 19.8 Å². The van der Waals surface area contributed by atoms with Crippen molar-refractivity contribution < 1.29 is 19.1 Å². The average molecular weight is 184 g/mol. The van der Waals surface area contributed by atoms with E-state index in [4.69, 9.17) is 0 Å². The van der Waals surface area contributed by atoms with Gasteiger partial charge in [-0.3, -0.25) is 14.4 Å². The minimum Gasteiger partial charge on any atom is -0.468 e. The third-order valence-electron chi connectivity index (χ3n) is 2.42. The molecule has 72 valence electrons. The predicted molar refractivity (Wildman–Crippen MR) is 43.9 cm³/mol. The SMILES string of the molecule is COC(=O)[C@@H]1CCC(=O)[C@H](C)C1=O. The number of ether oxygens (including phenoxy) is 1. The van der Waals surface area contributed by atoms with Gasteiger partial charge in [0.05, 0.1) is 13.0 Å². The molecule has 0 amide bonds. The van der Waals surface area contributed by atoms with Crippen LogP contribution in [0.1, 0.15) is 19.8 Å². The van der Waals surface area contributed by atoms with Crippen molar-refractivity contribution in [2.24, 2.45) is 11.8 Å². The number of ketones is 2. The summed E-state index contributed by atoms with van der Waals surface area (Å²) in [6.45, 7) is 1.54. The zero-order chi connectivity index (χ0) is 10.0. The fourth-order valence-corrected chi connectivity index (χ4v) is 1.48. The topological polar surface area (TPSA) is 60.4 Å². The summed E-state index contributed by atoms with van der Waals surface area (Å²) >= 11 is 0. The van der Waals surface area contributed by atoms with Gasteiger partial charge in [-0.05, 0) is 13.3 Å². The van der Waals surface area contributed by atoms with Crippen LogP contribution in [0.3, 0.4) is 0 Å². The summed E-state index contributed by atoms with van der Waals surface area (Å²) in [4.78, 5) is 33.6. The van der Waals surface area contributed by atoms with Crippen LogP contribution in [0, 0.1) is 11.8 Å². The summed E-state index contributed by atoms with van der Waals surface area (Å²) in [5.41, 5.74) is 0. The smallest absolute Gasteiger partial charge is 0.316 e. The van der Waals surface area contributed by atoms with Gasteiger partial charge in [-0.15, -0.1) is 0 Å². The summed E-state index contributed by atoms with van der Waals surface area (Å²) in [7, 11) is 1.25. The van der Waals surface area contributed by atoms with Crippen LogP contribution in [0.4, 0.5) is 0 Å². The van der Waals surface area contributed by atoms with Crippen molar-refractivity contribution >= 4 is 17.5 Å². The average Bonchev–Trinajstić information content (AvgIpc) is 2.13. The van der Waals surface area contributed by atoms with E-state index in [1.54, 1.807) is 6.92 Å². The molecular formula is C9H12O4. The first-order chi connectivity index (χ1) is 6.07. The largest absolute Gasteiger partial charge is 0.468 e. The molecule has 1 fully saturated rings. The van der Waals surface area contributed by atoms with Crippen LogP contribution in [0.15, 0.2) is 0 Å². The van der Waals surface area contributed by atoms with Crippen LogP contribution >= 0.6 is 0 Å². The Morgan fingerprint density at radius 2 is 2.08 bits per heavy atom. The highest BCUT2D eigenvalue weighted by Crippen LogP contribution is 2.23. The Bertz CT molecular complexity index is 256. The Labute approximate surface area is 76.3 Å². The molecular weight excluding hydrogens is 172 g/mol. The molecule has 0 saturated heterocycles. The molecule has 1 aliphatic rings. The molecule has 1 aliphatic carbocycles. The number of rotatable bonds is 1. The summed E-state index contributed by atoms with van der Waals surface area (Å²) in [5, 5.41) is 0. The molecule has 13 heavy (non-hydrogen) atoms. The number of esters is 1. The van der Waals surface area contributed by atoms with Crippen molar-refractivity contribution in [3.05, 3.63) is 0 Å². The first kappa shape index (κ1) is 9.89. The van der Waals surface area contributed by atoms with Crippen LogP contribution in [0.25, 0.3) is 0 Å². The number of carbonyl (C=O) groups excluding carboxylic acids is 3. The Morgan fingerprint density at radius 3 is 2.62 bits per heavy atom. The number of hydrogen-bond donors (Lipinski definition) is 0. The molecule has 0 unspecified atom stereocenters. The third-order valence-corrected chi connectivity index (χ3v) is 2.42. The van der Waals surface area contributed by atoms with Gasteiger partial charge in [0, 0.05) is 6.42 Å². The fraction of sp³-hybridized carbons (Fsp3) is 0.667. The van der Waals surface area contributed by atoms with E-state index in [-0.39, 0.29) is 11.6 Å². The molecule has 4 heteroatoms. The van der Waals surface area contributed by atoms with Gasteiger partial charge in [-0.1, -0.05) is 0 Å². The van der Waals surface area contributed by atoms with E-state index in [0.717, 1.165) is 0 Å². The molecule has 0 aromatic heterocycles. The lowest BCUT2D eigenvalue weighted by Crippen LogP contribution is -2.38. The molecule has 4 nitrogen and oxygen atoms in total. The fourth-order valence-electron chi connectivity index (χ4n) is 1.48. The lowest BCUT2D eigenvalue weighted by Gasteiger charge is -2.22. The van der Waals surface area contributed by atoms with E-state index in [1.807, 2.05) is 0 Å². The maximum atomic E-state index is 11.4. The molecule has 2 atom stereocenters. The molecule has 0 aromatic rings. The van der Waals surface area contributed by atoms with Crippen molar-refractivity contribution in [2.75, 3.05) is 7.11 Å². The number of methoxy groups -OCH3 is 1. The quantitative estimate of drug-likeness (QED) is 0.435.